The molecule has 3 aromatic heterocycles. The molecule has 1 atom stereocenters. The number of aromatic hydroxyl groups is 1. The summed E-state index contributed by atoms with van der Waals surface area (Å²) in [5.74, 6) is -0.135. The maximum atomic E-state index is 12.9. The van der Waals surface area contributed by atoms with Gasteiger partial charge in [-0.2, -0.15) is 0 Å². The highest BCUT2D eigenvalue weighted by molar-refractivity contribution is 6.01. The number of ether oxygens (including phenoxy) is 1. The second-order valence-electron chi connectivity index (χ2n) is 14.8. The summed E-state index contributed by atoms with van der Waals surface area (Å²) in [5, 5.41) is 24.6. The number of carbonyl (C=O) groups is 3. The number of aromatic amines is 1. The molecule has 6 N–H and O–H groups in total. The number of rotatable bonds is 13. The van der Waals surface area contributed by atoms with E-state index >= 15 is 0 Å². The Labute approximate surface area is 313 Å². The van der Waals surface area contributed by atoms with Gasteiger partial charge in [-0.3, -0.25) is 9.59 Å². The first-order valence-corrected chi connectivity index (χ1v) is 18.2. The minimum absolute atomic E-state index is 0.0961. The van der Waals surface area contributed by atoms with Crippen LogP contribution >= 0.6 is 0 Å². The minimum Gasteiger partial charge on any atom is -0.508 e. The monoisotopic (exact) mass is 730 g/mol. The molecule has 1 unspecified atom stereocenters. The quantitative estimate of drug-likeness (QED) is 0.0877. The highest BCUT2D eigenvalue weighted by atomic mass is 16.6. The van der Waals surface area contributed by atoms with Gasteiger partial charge in [0.05, 0.1) is 24.6 Å². The first kappa shape index (κ1) is 36.3. The number of carbonyl (C=O) groups excluding carboxylic acids is 3. The molecule has 0 saturated heterocycles. The Morgan fingerprint density at radius 3 is 2.59 bits per heavy atom. The number of imidazole rings is 1. The number of nitrogens with zero attached hydrogens (tertiary/aromatic N) is 3. The number of nitrogens with one attached hydrogen (secondary N) is 5. The summed E-state index contributed by atoms with van der Waals surface area (Å²) in [6, 6.07) is 18.9. The van der Waals surface area contributed by atoms with Crippen molar-refractivity contribution in [1.29, 1.82) is 0 Å². The number of benzene rings is 3. The van der Waals surface area contributed by atoms with Crippen LogP contribution in [0.2, 0.25) is 0 Å². The van der Waals surface area contributed by atoms with Gasteiger partial charge in [-0.05, 0) is 74.2 Å². The van der Waals surface area contributed by atoms with Crippen molar-refractivity contribution in [2.45, 2.75) is 64.9 Å². The van der Waals surface area contributed by atoms with E-state index in [0.29, 0.717) is 44.6 Å². The van der Waals surface area contributed by atoms with E-state index in [1.54, 1.807) is 45.3 Å². The lowest BCUT2D eigenvalue weighted by molar-refractivity contribution is -0.121. The Morgan fingerprint density at radius 1 is 0.981 bits per heavy atom. The van der Waals surface area contributed by atoms with Gasteiger partial charge in [0.15, 0.2) is 0 Å². The van der Waals surface area contributed by atoms with Crippen LogP contribution < -0.4 is 21.3 Å². The first-order valence-electron chi connectivity index (χ1n) is 18.2. The van der Waals surface area contributed by atoms with Crippen molar-refractivity contribution >= 4 is 39.7 Å². The summed E-state index contributed by atoms with van der Waals surface area (Å²) in [6.45, 7) is 7.67. The maximum absolute atomic E-state index is 12.9. The molecule has 3 amide bonds. The van der Waals surface area contributed by atoms with E-state index in [9.17, 15) is 19.5 Å². The Bertz CT molecular complexity index is 2350. The third kappa shape index (κ3) is 8.11. The summed E-state index contributed by atoms with van der Waals surface area (Å²) in [4.78, 5) is 45.7. The Balaban J connectivity index is 1.05. The number of phenols is 1. The Kier molecular flexibility index (Phi) is 10.2. The zero-order chi connectivity index (χ0) is 38.0. The molecule has 54 heavy (non-hydrogen) atoms. The molecule has 6 aromatic rings. The van der Waals surface area contributed by atoms with E-state index in [4.69, 9.17) is 4.74 Å². The Morgan fingerprint density at radius 2 is 1.80 bits per heavy atom. The van der Waals surface area contributed by atoms with Crippen LogP contribution in [-0.2, 0) is 42.6 Å². The van der Waals surface area contributed by atoms with E-state index in [1.807, 2.05) is 42.1 Å². The van der Waals surface area contributed by atoms with Crippen LogP contribution in [0.4, 0.5) is 4.79 Å². The average molecular weight is 731 g/mol. The molecule has 0 aliphatic carbocycles. The van der Waals surface area contributed by atoms with Gasteiger partial charge in [0.25, 0.3) is 5.91 Å². The predicted octanol–water partition coefficient (Wildman–Crippen LogP) is 5.31. The van der Waals surface area contributed by atoms with Crippen LogP contribution in [0.25, 0.3) is 21.8 Å². The van der Waals surface area contributed by atoms with Crippen LogP contribution in [0.3, 0.4) is 0 Å². The number of hydrogen-bond acceptors (Lipinski definition) is 7. The van der Waals surface area contributed by atoms with Crippen molar-refractivity contribution in [1.82, 2.24) is 40.4 Å². The summed E-state index contributed by atoms with van der Waals surface area (Å²) in [5.41, 5.74) is 7.78. The van der Waals surface area contributed by atoms with Crippen LogP contribution in [0.1, 0.15) is 77.2 Å². The number of H-pyrrole nitrogens is 1. The summed E-state index contributed by atoms with van der Waals surface area (Å²) < 4.78 is 9.36. The predicted molar refractivity (Wildman–Crippen MR) is 206 cm³/mol. The Hall–Kier alpha value is -6.08. The summed E-state index contributed by atoms with van der Waals surface area (Å²) in [7, 11) is 1.95. The van der Waals surface area contributed by atoms with Gasteiger partial charge in [0, 0.05) is 90.7 Å². The number of alkyl carbamates (subject to hydrolysis) is 1. The molecule has 0 radical (unpaired) electrons. The van der Waals surface area contributed by atoms with Crippen molar-refractivity contribution in [3.05, 3.63) is 119 Å². The molecule has 0 saturated carbocycles. The zero-order valence-corrected chi connectivity index (χ0v) is 31.0. The van der Waals surface area contributed by atoms with Crippen LogP contribution in [-0.4, -0.2) is 60.8 Å². The number of fused-ring (bicyclic) bond motifs is 3. The van der Waals surface area contributed by atoms with Gasteiger partial charge >= 0.3 is 6.09 Å². The first-order chi connectivity index (χ1) is 25.9. The molecule has 0 bridgehead atoms. The molecule has 0 fully saturated rings. The molecule has 0 spiro atoms. The molecule has 280 valence electrons. The number of amides is 3. The second kappa shape index (κ2) is 15.1. The zero-order valence-electron chi connectivity index (χ0n) is 31.0. The molecule has 4 heterocycles. The van der Waals surface area contributed by atoms with Crippen molar-refractivity contribution in [2.24, 2.45) is 7.05 Å². The molecular weight excluding hydrogens is 685 g/mol. The van der Waals surface area contributed by atoms with Crippen molar-refractivity contribution in [2.75, 3.05) is 13.1 Å². The summed E-state index contributed by atoms with van der Waals surface area (Å²) >= 11 is 0. The minimum atomic E-state index is -0.584. The number of aromatic nitrogens is 4. The number of para-hydroxylation sites is 1. The molecule has 13 nitrogen and oxygen atoms in total. The molecule has 3 aromatic carbocycles. The molecule has 7 rings (SSSR count). The lowest BCUT2D eigenvalue weighted by Gasteiger charge is -2.19. The van der Waals surface area contributed by atoms with Gasteiger partial charge in [-0.1, -0.05) is 30.3 Å². The van der Waals surface area contributed by atoms with E-state index < -0.39 is 17.7 Å². The normalized spacial score (nSPS) is 14.0. The maximum Gasteiger partial charge on any atom is 0.407 e. The van der Waals surface area contributed by atoms with Gasteiger partial charge in [-0.15, -0.1) is 0 Å². The lowest BCUT2D eigenvalue weighted by atomic mass is 9.95. The lowest BCUT2D eigenvalue weighted by Crippen LogP contribution is -2.37. The van der Waals surface area contributed by atoms with Crippen molar-refractivity contribution < 1.29 is 24.2 Å². The van der Waals surface area contributed by atoms with Crippen molar-refractivity contribution in [3.63, 3.8) is 0 Å². The molecular formula is C41H46N8O5. The van der Waals surface area contributed by atoms with E-state index in [1.165, 1.54) is 0 Å². The van der Waals surface area contributed by atoms with E-state index in [2.05, 4.69) is 60.2 Å². The van der Waals surface area contributed by atoms with Crippen molar-refractivity contribution in [3.8, 4) is 5.75 Å². The molecule has 13 heteroatoms. The topological polar surface area (TPSA) is 167 Å². The fraction of sp³-hybridized carbons (Fsp3) is 0.317. The fourth-order valence-corrected chi connectivity index (χ4v) is 7.12. The van der Waals surface area contributed by atoms with Crippen LogP contribution in [0, 0.1) is 0 Å². The number of phenolic OH excluding ortho intramolecular Hbond substituents is 1. The van der Waals surface area contributed by atoms with Crippen LogP contribution in [0.15, 0.2) is 79.4 Å². The average Bonchev–Trinajstić information content (AvgIpc) is 3.88. The molecule has 1 aliphatic heterocycles. The number of hydrogen-bond donors (Lipinski definition) is 6. The fourth-order valence-electron chi connectivity index (χ4n) is 7.12. The highest BCUT2D eigenvalue weighted by Gasteiger charge is 2.33. The van der Waals surface area contributed by atoms with Gasteiger partial charge in [0.2, 0.25) is 5.91 Å². The van der Waals surface area contributed by atoms with E-state index in [0.717, 1.165) is 55.4 Å². The number of aryl methyl sites for hydroxylation is 2. The standard InChI is InChI=1S/C41H46N8O5/c1-41(2,3)54-40(53)44-16-15-43-36(51)14-10-26-21-49(23-27-22-48(4)24-45-27)35-17-25(9-12-29(26)35)19-42-20-34-37(31-7-5-6-8-33(31)46-34)38-32-18-28(50)11-13-30(32)39(52)47-38/h5-9,11-13,17-18,21-22,24,38,42,46,50H,10,14-16,19-20,23H2,1-4H3,(H,43,51)(H,44,53)(H,47,52). The largest absolute Gasteiger partial charge is 0.508 e. The summed E-state index contributed by atoms with van der Waals surface area (Å²) in [6.07, 6.45) is 6.24. The SMILES string of the molecule is Cn1cnc(Cn2cc(CCC(=O)NCCNC(=O)OC(C)(C)C)c3ccc(CNCc4[nH]c5ccccc5c4C4NC(=O)c5ccc(O)cc54)cc32)c1. The highest BCUT2D eigenvalue weighted by Crippen LogP contribution is 2.38. The third-order valence-corrected chi connectivity index (χ3v) is 9.47. The van der Waals surface area contributed by atoms with Gasteiger partial charge < -0.3 is 45.2 Å². The van der Waals surface area contributed by atoms with Crippen LogP contribution in [0.5, 0.6) is 5.75 Å². The third-order valence-electron chi connectivity index (χ3n) is 9.47. The molecule has 1 aliphatic rings. The smallest absolute Gasteiger partial charge is 0.407 e. The van der Waals surface area contributed by atoms with Gasteiger partial charge in [-0.25, -0.2) is 9.78 Å². The van der Waals surface area contributed by atoms with Gasteiger partial charge in [0.1, 0.15) is 11.4 Å². The van der Waals surface area contributed by atoms with E-state index in [-0.39, 0.29) is 24.1 Å². The second-order valence-corrected chi connectivity index (χ2v) is 14.8.